The lowest BCUT2D eigenvalue weighted by molar-refractivity contribution is -0.183. The maximum atomic E-state index is 13.3. The van der Waals surface area contributed by atoms with E-state index in [0.717, 1.165) is 11.9 Å². The van der Waals surface area contributed by atoms with E-state index < -0.39 is 23.9 Å². The molecule has 178 valence electrons. The normalized spacial score (nSPS) is 23.6. The van der Waals surface area contributed by atoms with Crippen molar-refractivity contribution >= 4 is 23.4 Å². The van der Waals surface area contributed by atoms with Gasteiger partial charge in [-0.05, 0) is 56.9 Å². The molecule has 33 heavy (non-hydrogen) atoms. The quantitative estimate of drug-likeness (QED) is 0.577. The molecule has 2 aromatic rings. The Bertz CT molecular complexity index is 997. The van der Waals surface area contributed by atoms with Crippen LogP contribution in [0, 0.1) is 11.7 Å². The summed E-state index contributed by atoms with van der Waals surface area (Å²) in [6.45, 7) is 2.59. The number of nitrogens with one attached hydrogen (secondary N) is 1. The fraction of sp³-hybridized carbons (Fsp3) is 0.522. The Morgan fingerprint density at radius 1 is 1.15 bits per heavy atom. The van der Waals surface area contributed by atoms with Crippen LogP contribution in [0.3, 0.4) is 0 Å². The number of fused-ring (bicyclic) bond motifs is 1. The highest BCUT2D eigenvalue weighted by molar-refractivity contribution is 6.03. The van der Waals surface area contributed by atoms with Crippen molar-refractivity contribution in [2.45, 2.75) is 57.2 Å². The number of anilines is 3. The molecule has 2 aromatic heterocycles. The van der Waals surface area contributed by atoms with Crippen LogP contribution in [0.15, 0.2) is 30.5 Å². The highest BCUT2D eigenvalue weighted by Crippen LogP contribution is 2.44. The molecule has 0 saturated heterocycles. The Hall–Kier alpha value is -2.91. The van der Waals surface area contributed by atoms with Crippen molar-refractivity contribution in [1.29, 1.82) is 0 Å². The van der Waals surface area contributed by atoms with E-state index in [0.29, 0.717) is 37.3 Å². The minimum absolute atomic E-state index is 0.00632. The summed E-state index contributed by atoms with van der Waals surface area (Å²) < 4.78 is 53.2. The monoisotopic (exact) mass is 465 g/mol. The number of urea groups is 1. The molecule has 1 saturated carbocycles. The number of nitrogens with zero attached hydrogens (tertiary/aromatic N) is 4. The van der Waals surface area contributed by atoms with Gasteiger partial charge in [-0.3, -0.25) is 10.2 Å². The molecule has 1 aliphatic carbocycles. The number of carbonyl (C=O) groups excluding carboxylic acids is 1. The molecule has 0 bridgehead atoms. The Morgan fingerprint density at radius 3 is 2.64 bits per heavy atom. The first kappa shape index (κ1) is 23.3. The van der Waals surface area contributed by atoms with Crippen molar-refractivity contribution in [3.05, 3.63) is 42.0 Å². The van der Waals surface area contributed by atoms with Crippen LogP contribution in [0.5, 0.6) is 0 Å². The minimum Gasteiger partial charge on any atom is -0.372 e. The van der Waals surface area contributed by atoms with E-state index in [1.165, 1.54) is 17.0 Å². The Morgan fingerprint density at radius 2 is 1.94 bits per heavy atom. The molecule has 0 radical (unpaired) electrons. The third-order valence-electron chi connectivity index (χ3n) is 6.58. The average molecular weight is 465 g/mol. The van der Waals surface area contributed by atoms with Crippen molar-refractivity contribution in [2.75, 3.05) is 28.7 Å². The van der Waals surface area contributed by atoms with Gasteiger partial charge in [-0.2, -0.15) is 13.2 Å². The van der Waals surface area contributed by atoms with Gasteiger partial charge >= 0.3 is 12.2 Å². The molecule has 1 N–H and O–H groups in total. The van der Waals surface area contributed by atoms with Gasteiger partial charge in [0.2, 0.25) is 0 Å². The first-order valence-corrected chi connectivity index (χ1v) is 11.1. The second-order valence-corrected chi connectivity index (χ2v) is 8.90. The number of hydrogen-bond donors (Lipinski definition) is 1. The smallest absolute Gasteiger partial charge is 0.372 e. The summed E-state index contributed by atoms with van der Waals surface area (Å²) >= 11 is 0. The topological polar surface area (TPSA) is 61.4 Å². The third-order valence-corrected chi connectivity index (χ3v) is 6.58. The number of carbonyl (C=O) groups is 1. The first-order valence-electron chi connectivity index (χ1n) is 11.1. The number of halogens is 4. The molecule has 2 aliphatic rings. The number of rotatable bonds is 2. The summed E-state index contributed by atoms with van der Waals surface area (Å²) in [5.74, 6) is -1.55. The lowest BCUT2D eigenvalue weighted by Crippen LogP contribution is -2.42. The second-order valence-electron chi connectivity index (χ2n) is 8.90. The van der Waals surface area contributed by atoms with Gasteiger partial charge < -0.3 is 4.90 Å². The Kier molecular flexibility index (Phi) is 6.45. The third kappa shape index (κ3) is 5.04. The van der Waals surface area contributed by atoms with Gasteiger partial charge in [0, 0.05) is 31.2 Å². The molecule has 2 amide bonds. The van der Waals surface area contributed by atoms with Crippen molar-refractivity contribution in [3.8, 4) is 0 Å². The van der Waals surface area contributed by atoms with Crippen LogP contribution in [0.1, 0.15) is 50.6 Å². The molecule has 3 atom stereocenters. The van der Waals surface area contributed by atoms with E-state index in [-0.39, 0.29) is 30.6 Å². The molecule has 4 rings (SSSR count). The van der Waals surface area contributed by atoms with Crippen molar-refractivity contribution in [1.82, 2.24) is 9.97 Å². The van der Waals surface area contributed by atoms with Gasteiger partial charge in [-0.15, -0.1) is 0 Å². The molecule has 6 nitrogen and oxygen atoms in total. The molecular formula is C23H27F4N5O. The van der Waals surface area contributed by atoms with Crippen LogP contribution >= 0.6 is 0 Å². The van der Waals surface area contributed by atoms with E-state index in [4.69, 9.17) is 4.98 Å². The SMILES string of the molecule is C[C@@H]1CCN(C)c2ccc(C3CCCC(C(F)(F)F)C3)nc2N1C(=O)Nc1ccc(F)cn1. The van der Waals surface area contributed by atoms with Gasteiger partial charge in [0.1, 0.15) is 11.6 Å². The Labute approximate surface area is 190 Å². The van der Waals surface area contributed by atoms with Crippen LogP contribution in [-0.4, -0.2) is 41.8 Å². The Balaban J connectivity index is 1.66. The summed E-state index contributed by atoms with van der Waals surface area (Å²) in [6.07, 6.45) is -1.25. The second kappa shape index (κ2) is 9.15. The predicted octanol–water partition coefficient (Wildman–Crippen LogP) is 5.72. The van der Waals surface area contributed by atoms with Gasteiger partial charge in [0.15, 0.2) is 5.82 Å². The fourth-order valence-corrected chi connectivity index (χ4v) is 4.67. The fourth-order valence-electron chi connectivity index (χ4n) is 4.67. The summed E-state index contributed by atoms with van der Waals surface area (Å²) in [6, 6.07) is 5.50. The van der Waals surface area contributed by atoms with Crippen LogP contribution < -0.4 is 15.1 Å². The lowest BCUT2D eigenvalue weighted by Gasteiger charge is -2.32. The minimum atomic E-state index is -4.22. The highest BCUT2D eigenvalue weighted by Gasteiger charge is 2.43. The van der Waals surface area contributed by atoms with Crippen LogP contribution in [0.25, 0.3) is 0 Å². The average Bonchev–Trinajstić information content (AvgIpc) is 2.90. The van der Waals surface area contributed by atoms with E-state index in [2.05, 4.69) is 10.3 Å². The van der Waals surface area contributed by atoms with Crippen LogP contribution in [0.2, 0.25) is 0 Å². The lowest BCUT2D eigenvalue weighted by atomic mass is 9.79. The van der Waals surface area contributed by atoms with Gasteiger partial charge in [0.05, 0.1) is 17.8 Å². The first-order chi connectivity index (χ1) is 15.6. The maximum absolute atomic E-state index is 13.3. The zero-order chi connectivity index (χ0) is 23.8. The summed E-state index contributed by atoms with van der Waals surface area (Å²) in [7, 11) is 1.90. The van der Waals surface area contributed by atoms with Gasteiger partial charge in [-0.25, -0.2) is 19.2 Å². The molecule has 3 heterocycles. The number of amides is 2. The van der Waals surface area contributed by atoms with Crippen molar-refractivity contribution in [2.24, 2.45) is 5.92 Å². The van der Waals surface area contributed by atoms with Gasteiger partial charge in [-0.1, -0.05) is 6.42 Å². The predicted molar refractivity (Wildman–Crippen MR) is 118 cm³/mol. The summed E-state index contributed by atoms with van der Waals surface area (Å²) in [4.78, 5) is 25.4. The van der Waals surface area contributed by atoms with E-state index >= 15 is 0 Å². The van der Waals surface area contributed by atoms with E-state index in [1.807, 2.05) is 24.9 Å². The zero-order valence-corrected chi connectivity index (χ0v) is 18.6. The summed E-state index contributed by atoms with van der Waals surface area (Å²) in [5, 5.41) is 2.68. The van der Waals surface area contributed by atoms with Gasteiger partial charge in [0.25, 0.3) is 0 Å². The largest absolute Gasteiger partial charge is 0.391 e. The highest BCUT2D eigenvalue weighted by atomic mass is 19.4. The molecule has 10 heteroatoms. The molecule has 1 fully saturated rings. The van der Waals surface area contributed by atoms with Crippen molar-refractivity contribution in [3.63, 3.8) is 0 Å². The number of hydrogen-bond acceptors (Lipinski definition) is 4. The number of aromatic nitrogens is 2. The molecular weight excluding hydrogens is 438 g/mol. The number of alkyl halides is 3. The maximum Gasteiger partial charge on any atom is 0.391 e. The van der Waals surface area contributed by atoms with E-state index in [1.54, 1.807) is 6.07 Å². The molecule has 0 aromatic carbocycles. The molecule has 0 spiro atoms. The molecule has 2 unspecified atom stereocenters. The number of pyridine rings is 2. The van der Waals surface area contributed by atoms with E-state index in [9.17, 15) is 22.4 Å². The zero-order valence-electron chi connectivity index (χ0n) is 18.6. The van der Waals surface area contributed by atoms with Crippen LogP contribution in [-0.2, 0) is 0 Å². The standard InChI is InChI=1S/C23H27F4N5O/c1-14-10-11-31(2)19-8-7-18(15-4-3-5-16(12-15)23(25,26)27)29-21(19)32(14)22(33)30-20-9-6-17(24)13-28-20/h6-9,13-16H,3-5,10-12H2,1-2H3,(H,28,30,33)/t14-,15?,16?/m1/s1. The summed E-state index contributed by atoms with van der Waals surface area (Å²) in [5.41, 5.74) is 1.30. The van der Waals surface area contributed by atoms with Crippen molar-refractivity contribution < 1.29 is 22.4 Å². The van der Waals surface area contributed by atoms with Crippen LogP contribution in [0.4, 0.5) is 39.7 Å². The molecule has 1 aliphatic heterocycles.